The summed E-state index contributed by atoms with van der Waals surface area (Å²) in [5.41, 5.74) is 0. The topological polar surface area (TPSA) is 51.0 Å². The molecule has 1 amide bonds. The van der Waals surface area contributed by atoms with Crippen LogP contribution in [0.15, 0.2) is 12.7 Å². The second-order valence-corrected chi connectivity index (χ2v) is 6.13. The summed E-state index contributed by atoms with van der Waals surface area (Å²) in [5.74, 6) is 1.37. The number of carbonyl (C=O) groups excluding carboxylic acids is 1. The zero-order chi connectivity index (χ0) is 14.5. The van der Waals surface area contributed by atoms with Gasteiger partial charge in [-0.05, 0) is 24.7 Å². The fourth-order valence-corrected chi connectivity index (χ4v) is 3.01. The summed E-state index contributed by atoms with van der Waals surface area (Å²) >= 11 is 0. The summed E-state index contributed by atoms with van der Waals surface area (Å²) in [6.07, 6.45) is 7.19. The van der Waals surface area contributed by atoms with Gasteiger partial charge >= 0.3 is 0 Å². The number of hydrogen-bond acceptors (Lipinski definition) is 3. The lowest BCUT2D eigenvalue weighted by molar-refractivity contribution is -0.134. The fraction of sp³-hybridized carbons (Fsp3) is 0.800. The van der Waals surface area contributed by atoms with Gasteiger partial charge in [0.15, 0.2) is 0 Å². The first-order chi connectivity index (χ1) is 9.61. The summed E-state index contributed by atoms with van der Waals surface area (Å²) in [4.78, 5) is 18.5. The normalized spacial score (nSPS) is 21.2. The SMILES string of the molecule is CCC(CC(=O)N1CCCC(n2cncn2)C1)C(C)C. The number of hydrogen-bond donors (Lipinski definition) is 0. The van der Waals surface area contributed by atoms with E-state index in [9.17, 15) is 4.79 Å². The minimum atomic E-state index is 0.286. The van der Waals surface area contributed by atoms with Crippen LogP contribution in [0.3, 0.4) is 0 Å². The van der Waals surface area contributed by atoms with E-state index in [4.69, 9.17) is 0 Å². The average Bonchev–Trinajstić information content (AvgIpc) is 2.98. The molecule has 1 saturated heterocycles. The van der Waals surface area contributed by atoms with Gasteiger partial charge in [0.1, 0.15) is 12.7 Å². The Labute approximate surface area is 121 Å². The molecule has 20 heavy (non-hydrogen) atoms. The van der Waals surface area contributed by atoms with Crippen LogP contribution >= 0.6 is 0 Å². The van der Waals surface area contributed by atoms with Gasteiger partial charge in [0.05, 0.1) is 6.04 Å². The molecule has 5 heteroatoms. The highest BCUT2D eigenvalue weighted by Crippen LogP contribution is 2.24. The van der Waals surface area contributed by atoms with Crippen molar-refractivity contribution in [3.63, 3.8) is 0 Å². The Hall–Kier alpha value is -1.39. The lowest BCUT2D eigenvalue weighted by Gasteiger charge is -2.34. The Balaban J connectivity index is 1.93. The van der Waals surface area contributed by atoms with Gasteiger partial charge in [-0.3, -0.25) is 4.79 Å². The number of likely N-dealkylation sites (tertiary alicyclic amines) is 1. The highest BCUT2D eigenvalue weighted by molar-refractivity contribution is 5.76. The quantitative estimate of drug-likeness (QED) is 0.831. The third-order valence-corrected chi connectivity index (χ3v) is 4.46. The minimum Gasteiger partial charge on any atom is -0.341 e. The first-order valence-electron chi connectivity index (χ1n) is 7.73. The predicted molar refractivity (Wildman–Crippen MR) is 78.1 cm³/mol. The van der Waals surface area contributed by atoms with E-state index >= 15 is 0 Å². The number of piperidine rings is 1. The molecule has 0 bridgehead atoms. The Bertz CT molecular complexity index is 416. The van der Waals surface area contributed by atoms with Gasteiger partial charge in [-0.15, -0.1) is 0 Å². The molecule has 1 fully saturated rings. The second-order valence-electron chi connectivity index (χ2n) is 6.13. The van der Waals surface area contributed by atoms with Crippen molar-refractivity contribution in [3.05, 3.63) is 12.7 Å². The molecule has 1 aromatic heterocycles. The third kappa shape index (κ3) is 3.58. The van der Waals surface area contributed by atoms with E-state index in [2.05, 4.69) is 30.9 Å². The van der Waals surface area contributed by atoms with Crippen molar-refractivity contribution in [2.45, 2.75) is 52.5 Å². The maximum absolute atomic E-state index is 12.5. The maximum atomic E-state index is 12.5. The molecule has 2 unspecified atom stereocenters. The van der Waals surface area contributed by atoms with E-state index < -0.39 is 0 Å². The number of nitrogens with zero attached hydrogens (tertiary/aromatic N) is 4. The monoisotopic (exact) mass is 278 g/mol. The van der Waals surface area contributed by atoms with Gasteiger partial charge in [0.2, 0.25) is 5.91 Å². The van der Waals surface area contributed by atoms with Crippen molar-refractivity contribution in [2.75, 3.05) is 13.1 Å². The van der Waals surface area contributed by atoms with E-state index in [0.717, 1.165) is 32.4 Å². The molecule has 5 nitrogen and oxygen atoms in total. The maximum Gasteiger partial charge on any atom is 0.222 e. The van der Waals surface area contributed by atoms with Crippen LogP contribution in [0.25, 0.3) is 0 Å². The third-order valence-electron chi connectivity index (χ3n) is 4.46. The molecule has 2 rings (SSSR count). The van der Waals surface area contributed by atoms with Gasteiger partial charge < -0.3 is 4.90 Å². The molecule has 0 radical (unpaired) electrons. The molecule has 112 valence electrons. The molecule has 1 aromatic rings. The van der Waals surface area contributed by atoms with Gasteiger partial charge in [0.25, 0.3) is 0 Å². The van der Waals surface area contributed by atoms with Crippen LogP contribution in [0.4, 0.5) is 0 Å². The zero-order valence-corrected chi connectivity index (χ0v) is 12.8. The van der Waals surface area contributed by atoms with Gasteiger partial charge in [0, 0.05) is 19.5 Å². The first kappa shape index (κ1) is 15.0. The lowest BCUT2D eigenvalue weighted by atomic mass is 9.89. The number of aromatic nitrogens is 3. The van der Waals surface area contributed by atoms with Crippen LogP contribution in [-0.2, 0) is 4.79 Å². The van der Waals surface area contributed by atoms with Crippen molar-refractivity contribution in [1.82, 2.24) is 19.7 Å². The van der Waals surface area contributed by atoms with E-state index in [1.165, 1.54) is 0 Å². The summed E-state index contributed by atoms with van der Waals surface area (Å²) in [6, 6.07) is 0.286. The number of amides is 1. The van der Waals surface area contributed by atoms with Crippen LogP contribution in [-0.4, -0.2) is 38.7 Å². The van der Waals surface area contributed by atoms with Crippen LogP contribution in [0.5, 0.6) is 0 Å². The predicted octanol–water partition coefficient (Wildman–Crippen LogP) is 2.51. The smallest absolute Gasteiger partial charge is 0.222 e. The van der Waals surface area contributed by atoms with E-state index in [1.807, 2.05) is 9.58 Å². The highest BCUT2D eigenvalue weighted by Gasteiger charge is 2.27. The van der Waals surface area contributed by atoms with Gasteiger partial charge in [-0.25, -0.2) is 9.67 Å². The number of rotatable bonds is 5. The average molecular weight is 278 g/mol. The molecule has 0 N–H and O–H groups in total. The Morgan fingerprint density at radius 2 is 2.25 bits per heavy atom. The largest absolute Gasteiger partial charge is 0.341 e. The Morgan fingerprint density at radius 1 is 1.45 bits per heavy atom. The van der Waals surface area contributed by atoms with E-state index in [-0.39, 0.29) is 6.04 Å². The molecule has 0 spiro atoms. The molecule has 1 aliphatic rings. The summed E-state index contributed by atoms with van der Waals surface area (Å²) in [7, 11) is 0. The molecular weight excluding hydrogens is 252 g/mol. The minimum absolute atomic E-state index is 0.286. The van der Waals surface area contributed by atoms with Crippen LogP contribution in [0.1, 0.15) is 52.5 Å². The van der Waals surface area contributed by atoms with Crippen molar-refractivity contribution >= 4 is 5.91 Å². The van der Waals surface area contributed by atoms with Crippen molar-refractivity contribution in [3.8, 4) is 0 Å². The molecule has 2 heterocycles. The molecule has 0 saturated carbocycles. The van der Waals surface area contributed by atoms with Crippen LogP contribution in [0.2, 0.25) is 0 Å². The fourth-order valence-electron chi connectivity index (χ4n) is 3.01. The Morgan fingerprint density at radius 3 is 2.85 bits per heavy atom. The molecule has 2 atom stereocenters. The zero-order valence-electron chi connectivity index (χ0n) is 12.8. The summed E-state index contributed by atoms with van der Waals surface area (Å²) in [6.45, 7) is 8.24. The van der Waals surface area contributed by atoms with E-state index in [1.54, 1.807) is 12.7 Å². The first-order valence-corrected chi connectivity index (χ1v) is 7.73. The number of carbonyl (C=O) groups is 1. The van der Waals surface area contributed by atoms with Crippen LogP contribution in [0, 0.1) is 11.8 Å². The van der Waals surface area contributed by atoms with Gasteiger partial charge in [-0.1, -0.05) is 27.2 Å². The van der Waals surface area contributed by atoms with Crippen molar-refractivity contribution in [1.29, 1.82) is 0 Å². The standard InChI is InChI=1S/C15H26N4O/c1-4-13(12(2)3)8-15(20)18-7-5-6-14(9-18)19-11-16-10-17-19/h10-14H,4-9H2,1-3H3. The van der Waals surface area contributed by atoms with Crippen molar-refractivity contribution in [2.24, 2.45) is 11.8 Å². The molecular formula is C15H26N4O. The van der Waals surface area contributed by atoms with E-state index in [0.29, 0.717) is 24.2 Å². The molecule has 1 aliphatic heterocycles. The summed E-state index contributed by atoms with van der Waals surface area (Å²) < 4.78 is 1.89. The van der Waals surface area contributed by atoms with Crippen molar-refractivity contribution < 1.29 is 4.79 Å². The molecule has 0 aromatic carbocycles. The lowest BCUT2D eigenvalue weighted by Crippen LogP contribution is -2.41. The summed E-state index contributed by atoms with van der Waals surface area (Å²) in [5, 5.41) is 4.21. The van der Waals surface area contributed by atoms with Gasteiger partial charge in [-0.2, -0.15) is 5.10 Å². The Kier molecular flexibility index (Phi) is 5.15. The molecule has 0 aliphatic carbocycles. The highest BCUT2D eigenvalue weighted by atomic mass is 16.2. The second kappa shape index (κ2) is 6.86. The van der Waals surface area contributed by atoms with Crippen LogP contribution < -0.4 is 0 Å².